The summed E-state index contributed by atoms with van der Waals surface area (Å²) in [5, 5.41) is 0. The van der Waals surface area contributed by atoms with Gasteiger partial charge in [-0.25, -0.2) is 4.99 Å². The second-order valence-corrected chi connectivity index (χ2v) is 11.4. The van der Waals surface area contributed by atoms with Crippen LogP contribution in [0.25, 0.3) is 0 Å². The molecule has 3 aromatic rings. The van der Waals surface area contributed by atoms with Gasteiger partial charge in [0.2, 0.25) is 0 Å². The van der Waals surface area contributed by atoms with E-state index in [0.717, 1.165) is 27.0 Å². The summed E-state index contributed by atoms with van der Waals surface area (Å²) >= 11 is 3.60. The molecular formula is C32H39BrN2O. The summed E-state index contributed by atoms with van der Waals surface area (Å²) in [5.74, 6) is 1.02. The highest BCUT2D eigenvalue weighted by Crippen LogP contribution is 2.38. The number of nitrogens with zero attached hydrogens (tertiary/aromatic N) is 2. The van der Waals surface area contributed by atoms with Gasteiger partial charge in [0, 0.05) is 4.47 Å². The molecule has 3 nitrogen and oxygen atoms in total. The molecule has 0 saturated carbocycles. The van der Waals surface area contributed by atoms with Gasteiger partial charge in [-0.2, -0.15) is 0 Å². The smallest absolute Gasteiger partial charge is 0.264 e. The van der Waals surface area contributed by atoms with E-state index in [-0.39, 0.29) is 17.7 Å². The molecule has 0 radical (unpaired) electrons. The third kappa shape index (κ3) is 5.98. The first kappa shape index (κ1) is 27.9. The molecule has 0 unspecified atom stereocenters. The van der Waals surface area contributed by atoms with Crippen molar-refractivity contribution in [2.24, 2.45) is 4.99 Å². The van der Waals surface area contributed by atoms with Gasteiger partial charge in [0.05, 0.1) is 16.9 Å². The zero-order valence-electron chi connectivity index (χ0n) is 22.8. The molecule has 36 heavy (non-hydrogen) atoms. The number of carbonyl (C=O) groups excluding carboxylic acids is 1. The van der Waals surface area contributed by atoms with Crippen LogP contribution in [0, 0.1) is 0 Å². The Bertz CT molecular complexity index is 1190. The second-order valence-electron chi connectivity index (χ2n) is 10.6. The van der Waals surface area contributed by atoms with Gasteiger partial charge in [0.25, 0.3) is 5.91 Å². The molecule has 3 aromatic carbocycles. The van der Waals surface area contributed by atoms with Gasteiger partial charge in [-0.3, -0.25) is 9.69 Å². The lowest BCUT2D eigenvalue weighted by molar-refractivity contribution is 0.100. The van der Waals surface area contributed by atoms with Gasteiger partial charge >= 0.3 is 0 Å². The minimum Gasteiger partial charge on any atom is -0.268 e. The average Bonchev–Trinajstić information content (AvgIpc) is 2.83. The maximum absolute atomic E-state index is 14.2. The third-order valence-corrected chi connectivity index (χ3v) is 7.24. The first-order valence-corrected chi connectivity index (χ1v) is 13.7. The Morgan fingerprint density at radius 2 is 1.14 bits per heavy atom. The first-order valence-electron chi connectivity index (χ1n) is 12.9. The van der Waals surface area contributed by atoms with E-state index >= 15 is 0 Å². The van der Waals surface area contributed by atoms with Crippen LogP contribution in [0.15, 0.2) is 70.1 Å². The van der Waals surface area contributed by atoms with Gasteiger partial charge in [-0.1, -0.05) is 104 Å². The third-order valence-electron chi connectivity index (χ3n) is 6.55. The van der Waals surface area contributed by atoms with E-state index < -0.39 is 0 Å². The van der Waals surface area contributed by atoms with E-state index in [4.69, 9.17) is 4.99 Å². The summed E-state index contributed by atoms with van der Waals surface area (Å²) in [4.78, 5) is 21.0. The van der Waals surface area contributed by atoms with Gasteiger partial charge < -0.3 is 0 Å². The number of para-hydroxylation sites is 2. The van der Waals surface area contributed by atoms with Gasteiger partial charge in [-0.15, -0.1) is 0 Å². The van der Waals surface area contributed by atoms with Crippen LogP contribution in [0.4, 0.5) is 11.4 Å². The van der Waals surface area contributed by atoms with Crippen LogP contribution in [0.5, 0.6) is 0 Å². The molecule has 0 saturated heterocycles. The highest BCUT2D eigenvalue weighted by atomic mass is 79.9. The monoisotopic (exact) mass is 546 g/mol. The first-order chi connectivity index (χ1) is 17.0. The summed E-state index contributed by atoms with van der Waals surface area (Å²) in [6.45, 7) is 17.4. The van der Waals surface area contributed by atoms with E-state index in [9.17, 15) is 4.79 Å². The molecular weight excluding hydrogens is 508 g/mol. The van der Waals surface area contributed by atoms with E-state index in [1.54, 1.807) is 11.2 Å². The number of hydrogen-bond donors (Lipinski definition) is 0. The summed E-state index contributed by atoms with van der Waals surface area (Å²) in [5.41, 5.74) is 7.14. The van der Waals surface area contributed by atoms with Crippen LogP contribution >= 0.6 is 15.9 Å². The van der Waals surface area contributed by atoms with Crippen molar-refractivity contribution in [2.75, 3.05) is 4.90 Å². The predicted octanol–water partition coefficient (Wildman–Crippen LogP) is 9.95. The van der Waals surface area contributed by atoms with Crippen molar-refractivity contribution in [1.82, 2.24) is 0 Å². The van der Waals surface area contributed by atoms with Gasteiger partial charge in [-0.05, 0) is 74.0 Å². The zero-order valence-corrected chi connectivity index (χ0v) is 24.4. The molecule has 0 aliphatic carbocycles. The molecule has 0 heterocycles. The molecule has 190 valence electrons. The predicted molar refractivity (Wildman–Crippen MR) is 158 cm³/mol. The van der Waals surface area contributed by atoms with Crippen molar-refractivity contribution in [1.29, 1.82) is 0 Å². The van der Waals surface area contributed by atoms with Crippen LogP contribution in [-0.4, -0.2) is 12.2 Å². The van der Waals surface area contributed by atoms with Crippen LogP contribution in [0.3, 0.4) is 0 Å². The Labute approximate surface area is 225 Å². The number of rotatable bonds is 8. The van der Waals surface area contributed by atoms with Crippen molar-refractivity contribution in [3.8, 4) is 0 Å². The molecule has 0 aliphatic heterocycles. The fourth-order valence-corrected chi connectivity index (χ4v) is 5.00. The van der Waals surface area contributed by atoms with Crippen molar-refractivity contribution >= 4 is 39.6 Å². The van der Waals surface area contributed by atoms with E-state index in [0.29, 0.717) is 17.4 Å². The van der Waals surface area contributed by atoms with E-state index in [1.807, 2.05) is 24.3 Å². The number of anilines is 1. The lowest BCUT2D eigenvalue weighted by Crippen LogP contribution is -2.32. The highest BCUT2D eigenvalue weighted by molar-refractivity contribution is 9.10. The number of aliphatic imine (C=N–C) groups is 1. The lowest BCUT2D eigenvalue weighted by Gasteiger charge is -2.28. The number of amides is 1. The summed E-state index contributed by atoms with van der Waals surface area (Å²) in [7, 11) is 0. The SMILES string of the molecule is CC(C)c1cccc(C(C)C)c1/N=C/N(C(=O)c1ccccc1Br)c1c(C(C)C)cccc1C(C)C. The van der Waals surface area contributed by atoms with Crippen LogP contribution in [0.1, 0.15) is 112 Å². The zero-order chi connectivity index (χ0) is 26.6. The fraction of sp³-hybridized carbons (Fsp3) is 0.375. The topological polar surface area (TPSA) is 32.7 Å². The Morgan fingerprint density at radius 1 is 0.694 bits per heavy atom. The van der Waals surface area contributed by atoms with Crippen LogP contribution < -0.4 is 4.90 Å². The molecule has 0 spiro atoms. The second kappa shape index (κ2) is 12.0. The summed E-state index contributed by atoms with van der Waals surface area (Å²) in [6, 6.07) is 20.3. The number of benzene rings is 3. The fourth-order valence-electron chi connectivity index (χ4n) is 4.54. The van der Waals surface area contributed by atoms with Crippen molar-refractivity contribution in [3.05, 3.63) is 93.0 Å². The molecule has 4 heteroatoms. The summed E-state index contributed by atoms with van der Waals surface area (Å²) < 4.78 is 0.770. The molecule has 0 N–H and O–H groups in total. The molecule has 0 aromatic heterocycles. The van der Waals surface area contributed by atoms with Crippen molar-refractivity contribution in [3.63, 3.8) is 0 Å². The maximum atomic E-state index is 14.2. The van der Waals surface area contributed by atoms with E-state index in [2.05, 4.69) is 108 Å². The van der Waals surface area contributed by atoms with Crippen molar-refractivity contribution in [2.45, 2.75) is 79.1 Å². The van der Waals surface area contributed by atoms with Crippen LogP contribution in [-0.2, 0) is 0 Å². The molecule has 0 fully saturated rings. The van der Waals surface area contributed by atoms with Gasteiger partial charge in [0.15, 0.2) is 0 Å². The number of carbonyl (C=O) groups is 1. The Morgan fingerprint density at radius 3 is 1.58 bits per heavy atom. The van der Waals surface area contributed by atoms with Crippen molar-refractivity contribution < 1.29 is 4.79 Å². The standard InChI is InChI=1S/C32H39BrN2O/c1-20(2)24-14-11-15-25(21(3)4)30(24)34-19-35(32(36)28-13-9-10-18-29(28)33)31-26(22(5)6)16-12-17-27(31)23(7)8/h9-23H,1-8H3/b34-19+. The molecule has 3 rings (SSSR count). The Balaban J connectivity index is 2.31. The minimum absolute atomic E-state index is 0.102. The average molecular weight is 548 g/mol. The Kier molecular flexibility index (Phi) is 9.30. The van der Waals surface area contributed by atoms with Crippen LogP contribution in [0.2, 0.25) is 0 Å². The minimum atomic E-state index is -0.102. The quantitative estimate of drug-likeness (QED) is 0.204. The maximum Gasteiger partial charge on any atom is 0.264 e. The number of halogens is 1. The Hall–Kier alpha value is -2.72. The molecule has 1 amide bonds. The summed E-state index contributed by atoms with van der Waals surface area (Å²) in [6.07, 6.45) is 1.75. The molecule has 0 atom stereocenters. The van der Waals surface area contributed by atoms with Gasteiger partial charge in [0.1, 0.15) is 6.34 Å². The lowest BCUT2D eigenvalue weighted by atomic mass is 9.91. The molecule has 0 bridgehead atoms. The normalized spacial score (nSPS) is 11.9. The molecule has 0 aliphatic rings. The highest BCUT2D eigenvalue weighted by Gasteiger charge is 2.26. The largest absolute Gasteiger partial charge is 0.268 e. The number of hydrogen-bond acceptors (Lipinski definition) is 2. The van der Waals surface area contributed by atoms with E-state index in [1.165, 1.54) is 11.1 Å².